The van der Waals surface area contributed by atoms with Gasteiger partial charge in [-0.2, -0.15) is 13.2 Å². The molecule has 3 nitrogen and oxygen atoms in total. The van der Waals surface area contributed by atoms with Crippen LogP contribution in [0, 0.1) is 0 Å². The van der Waals surface area contributed by atoms with Gasteiger partial charge < -0.3 is 10.3 Å². The van der Waals surface area contributed by atoms with Crippen LogP contribution in [0.15, 0.2) is 24.3 Å². The molecule has 0 saturated heterocycles. The Hall–Kier alpha value is -1.56. The zero-order valence-electron chi connectivity index (χ0n) is 11.0. The Morgan fingerprint density at radius 3 is 2.50 bits per heavy atom. The highest BCUT2D eigenvalue weighted by Crippen LogP contribution is 2.38. The number of hydrogen-bond donors (Lipinski definition) is 1. The van der Waals surface area contributed by atoms with Gasteiger partial charge in [-0.05, 0) is 25.0 Å². The fraction of sp³-hybridized carbons (Fsp3) is 0.500. The van der Waals surface area contributed by atoms with Crippen molar-refractivity contribution in [3.8, 4) is 0 Å². The van der Waals surface area contributed by atoms with E-state index >= 15 is 0 Å². The lowest BCUT2D eigenvalue weighted by atomic mass is 9.98. The Morgan fingerprint density at radius 2 is 1.85 bits per heavy atom. The number of halogens is 3. The van der Waals surface area contributed by atoms with Crippen molar-refractivity contribution in [2.45, 2.75) is 43.9 Å². The van der Waals surface area contributed by atoms with Gasteiger partial charge in [-0.3, -0.25) is 0 Å². The number of aromatic nitrogens is 2. The molecule has 20 heavy (non-hydrogen) atoms. The van der Waals surface area contributed by atoms with Crippen LogP contribution in [0.5, 0.6) is 0 Å². The average Bonchev–Trinajstić information content (AvgIpc) is 2.94. The third-order valence-corrected chi connectivity index (χ3v) is 3.93. The summed E-state index contributed by atoms with van der Waals surface area (Å²) in [4.78, 5) is 4.39. The maximum absolute atomic E-state index is 12.8. The van der Waals surface area contributed by atoms with Crippen LogP contribution in [0.1, 0.15) is 31.5 Å². The lowest BCUT2D eigenvalue weighted by Gasteiger charge is -2.24. The molecule has 0 atom stereocenters. The fourth-order valence-corrected chi connectivity index (χ4v) is 3.02. The number of rotatable bonds is 2. The largest absolute Gasteiger partial charge is 0.406 e. The quantitative estimate of drug-likeness (QED) is 0.918. The van der Waals surface area contributed by atoms with E-state index in [0.717, 1.165) is 12.8 Å². The van der Waals surface area contributed by atoms with Crippen molar-refractivity contribution in [3.63, 3.8) is 0 Å². The Bertz CT molecular complexity index is 624. The molecule has 6 heteroatoms. The van der Waals surface area contributed by atoms with Crippen molar-refractivity contribution in [1.82, 2.24) is 9.55 Å². The summed E-state index contributed by atoms with van der Waals surface area (Å²) in [7, 11) is 0. The van der Waals surface area contributed by atoms with Gasteiger partial charge in [0.05, 0.1) is 16.6 Å². The van der Waals surface area contributed by atoms with E-state index in [1.165, 1.54) is 4.57 Å². The van der Waals surface area contributed by atoms with Gasteiger partial charge in [0.2, 0.25) is 0 Å². The Labute approximate surface area is 114 Å². The Kier molecular flexibility index (Phi) is 3.01. The first-order valence-corrected chi connectivity index (χ1v) is 6.70. The Balaban J connectivity index is 2.17. The van der Waals surface area contributed by atoms with Gasteiger partial charge in [-0.1, -0.05) is 25.0 Å². The van der Waals surface area contributed by atoms with Crippen LogP contribution in [0.3, 0.4) is 0 Å². The first-order valence-electron chi connectivity index (χ1n) is 6.70. The van der Waals surface area contributed by atoms with Crippen LogP contribution in [-0.4, -0.2) is 15.7 Å². The first kappa shape index (κ1) is 13.4. The zero-order chi connectivity index (χ0) is 14.4. The molecule has 2 N–H and O–H groups in total. The molecule has 1 heterocycles. The van der Waals surface area contributed by atoms with Crippen LogP contribution in [-0.2, 0) is 12.1 Å². The second-order valence-electron chi connectivity index (χ2n) is 5.49. The summed E-state index contributed by atoms with van der Waals surface area (Å²) in [6, 6.07) is 6.88. The number of nitrogens with zero attached hydrogens (tertiary/aromatic N) is 2. The van der Waals surface area contributed by atoms with E-state index in [0.29, 0.717) is 29.7 Å². The molecule has 1 aromatic heterocycles. The van der Waals surface area contributed by atoms with Crippen molar-refractivity contribution >= 4 is 11.0 Å². The number of fused-ring (bicyclic) bond motifs is 1. The number of hydrogen-bond acceptors (Lipinski definition) is 2. The highest BCUT2D eigenvalue weighted by Gasteiger charge is 2.39. The minimum atomic E-state index is -4.28. The van der Waals surface area contributed by atoms with Gasteiger partial charge in [0, 0.05) is 0 Å². The van der Waals surface area contributed by atoms with Gasteiger partial charge in [0.15, 0.2) is 0 Å². The topological polar surface area (TPSA) is 43.8 Å². The van der Waals surface area contributed by atoms with E-state index in [1.54, 1.807) is 24.3 Å². The number of benzene rings is 1. The number of imidazole rings is 1. The predicted octanol–water partition coefficient (Wildman–Crippen LogP) is 3.33. The van der Waals surface area contributed by atoms with Crippen molar-refractivity contribution in [2.75, 3.05) is 0 Å². The molecule has 108 valence electrons. The van der Waals surface area contributed by atoms with Crippen LogP contribution >= 0.6 is 0 Å². The van der Waals surface area contributed by atoms with Gasteiger partial charge >= 0.3 is 6.18 Å². The molecule has 0 radical (unpaired) electrons. The number of para-hydroxylation sites is 2. The van der Waals surface area contributed by atoms with E-state index in [4.69, 9.17) is 5.73 Å². The van der Waals surface area contributed by atoms with E-state index in [-0.39, 0.29) is 0 Å². The molecule has 2 aromatic rings. The molecule has 1 aliphatic rings. The van der Waals surface area contributed by atoms with Gasteiger partial charge in [-0.15, -0.1) is 0 Å². The van der Waals surface area contributed by atoms with E-state index < -0.39 is 18.3 Å². The number of alkyl halides is 3. The summed E-state index contributed by atoms with van der Waals surface area (Å²) < 4.78 is 39.8. The average molecular weight is 283 g/mol. The molecular formula is C14H16F3N3. The molecule has 0 amide bonds. The van der Waals surface area contributed by atoms with Gasteiger partial charge in [-0.25, -0.2) is 4.98 Å². The van der Waals surface area contributed by atoms with Crippen molar-refractivity contribution < 1.29 is 13.2 Å². The molecule has 0 spiro atoms. The standard InChI is InChI=1S/C14H16F3N3/c15-14(16,17)9-20-11-6-2-1-5-10(11)19-12(20)13(18)7-3-4-8-13/h1-2,5-6H,3-4,7-9,18H2. The molecule has 0 bridgehead atoms. The van der Waals surface area contributed by atoms with Crippen LogP contribution in [0.2, 0.25) is 0 Å². The van der Waals surface area contributed by atoms with Crippen molar-refractivity contribution in [1.29, 1.82) is 0 Å². The molecule has 3 rings (SSSR count). The minimum absolute atomic E-state index is 0.369. The van der Waals surface area contributed by atoms with Gasteiger partial charge in [0.25, 0.3) is 0 Å². The highest BCUT2D eigenvalue weighted by molar-refractivity contribution is 5.76. The molecule has 0 aliphatic heterocycles. The summed E-state index contributed by atoms with van der Waals surface area (Å²) >= 11 is 0. The summed E-state index contributed by atoms with van der Waals surface area (Å²) in [6.45, 7) is -1.04. The molecule has 1 fully saturated rings. The molecule has 0 unspecified atom stereocenters. The van der Waals surface area contributed by atoms with Crippen molar-refractivity contribution in [2.24, 2.45) is 5.73 Å². The monoisotopic (exact) mass is 283 g/mol. The third-order valence-electron chi connectivity index (χ3n) is 3.93. The van der Waals surface area contributed by atoms with E-state index in [1.807, 2.05) is 0 Å². The molecule has 1 aliphatic carbocycles. The maximum atomic E-state index is 12.8. The second kappa shape index (κ2) is 4.48. The predicted molar refractivity (Wildman–Crippen MR) is 70.1 cm³/mol. The summed E-state index contributed by atoms with van der Waals surface area (Å²) in [5, 5.41) is 0. The lowest BCUT2D eigenvalue weighted by Crippen LogP contribution is -2.37. The Morgan fingerprint density at radius 1 is 1.20 bits per heavy atom. The second-order valence-corrected chi connectivity index (χ2v) is 5.49. The van der Waals surface area contributed by atoms with Gasteiger partial charge in [0.1, 0.15) is 12.4 Å². The fourth-order valence-electron chi connectivity index (χ4n) is 3.02. The van der Waals surface area contributed by atoms with Crippen LogP contribution < -0.4 is 5.73 Å². The minimum Gasteiger partial charge on any atom is -0.319 e. The normalized spacial score (nSPS) is 18.8. The highest BCUT2D eigenvalue weighted by atomic mass is 19.4. The molecular weight excluding hydrogens is 267 g/mol. The smallest absolute Gasteiger partial charge is 0.319 e. The number of nitrogens with two attached hydrogens (primary N) is 1. The maximum Gasteiger partial charge on any atom is 0.406 e. The van der Waals surface area contributed by atoms with Crippen LogP contribution in [0.4, 0.5) is 13.2 Å². The summed E-state index contributed by atoms with van der Waals surface area (Å²) in [5.74, 6) is 0.369. The molecule has 1 aromatic carbocycles. The summed E-state index contributed by atoms with van der Waals surface area (Å²) in [6.07, 6.45) is -1.03. The van der Waals surface area contributed by atoms with E-state index in [9.17, 15) is 13.2 Å². The van der Waals surface area contributed by atoms with E-state index in [2.05, 4.69) is 4.98 Å². The molecule has 1 saturated carbocycles. The lowest BCUT2D eigenvalue weighted by molar-refractivity contribution is -0.140. The SMILES string of the molecule is NC1(c2nc3ccccc3n2CC(F)(F)F)CCCC1. The summed E-state index contributed by atoms with van der Waals surface area (Å²) in [5.41, 5.74) is 6.65. The van der Waals surface area contributed by atoms with Crippen LogP contribution in [0.25, 0.3) is 11.0 Å². The zero-order valence-corrected chi connectivity index (χ0v) is 11.0. The van der Waals surface area contributed by atoms with Crippen molar-refractivity contribution in [3.05, 3.63) is 30.1 Å². The first-order chi connectivity index (χ1) is 9.39. The third kappa shape index (κ3) is 2.28.